The fourth-order valence-electron chi connectivity index (χ4n) is 1.99. The summed E-state index contributed by atoms with van der Waals surface area (Å²) < 4.78 is 13.1. The van der Waals surface area contributed by atoms with E-state index in [1.54, 1.807) is 0 Å². The van der Waals surface area contributed by atoms with Gasteiger partial charge >= 0.3 is 0 Å². The highest BCUT2D eigenvalue weighted by Crippen LogP contribution is 2.32. The molecule has 5 nitrogen and oxygen atoms in total. The average molecular weight is 288 g/mol. The molecule has 7 heteroatoms. The number of carbonyl (C=O) groups is 2. The molecule has 0 aliphatic carbocycles. The Balaban J connectivity index is 0.00000180. The van der Waals surface area contributed by atoms with Crippen LogP contribution in [-0.2, 0) is 9.59 Å². The van der Waals surface area contributed by atoms with E-state index in [1.165, 1.54) is 18.2 Å². The van der Waals surface area contributed by atoms with E-state index >= 15 is 0 Å². The Bertz CT molecular complexity index is 496. The molecule has 1 aromatic rings. The van der Waals surface area contributed by atoms with E-state index in [0.29, 0.717) is 24.3 Å². The van der Waals surface area contributed by atoms with Gasteiger partial charge in [-0.2, -0.15) is 0 Å². The molecule has 1 aliphatic heterocycles. The van der Waals surface area contributed by atoms with Gasteiger partial charge in [-0.05, 0) is 17.7 Å². The van der Waals surface area contributed by atoms with Crippen molar-refractivity contribution in [3.8, 4) is 0 Å². The zero-order chi connectivity index (χ0) is 13.1. The van der Waals surface area contributed by atoms with Crippen LogP contribution in [0.1, 0.15) is 17.9 Å². The number of hydrogen-bond donors (Lipinski definition) is 3. The molecule has 0 bridgehead atoms. The lowest BCUT2D eigenvalue weighted by Gasteiger charge is -2.24. The molecule has 0 aromatic heterocycles. The van der Waals surface area contributed by atoms with Crippen molar-refractivity contribution >= 4 is 29.9 Å². The van der Waals surface area contributed by atoms with Gasteiger partial charge in [-0.1, -0.05) is 6.07 Å². The van der Waals surface area contributed by atoms with Crippen LogP contribution in [0.2, 0.25) is 0 Å². The first-order valence-electron chi connectivity index (χ1n) is 5.69. The van der Waals surface area contributed by atoms with Crippen molar-refractivity contribution in [2.75, 3.05) is 18.4 Å². The molecule has 1 aliphatic rings. The third-order valence-corrected chi connectivity index (χ3v) is 2.81. The molecular weight excluding hydrogens is 273 g/mol. The first kappa shape index (κ1) is 15.4. The lowest BCUT2D eigenvalue weighted by molar-refractivity contribution is -0.126. The van der Waals surface area contributed by atoms with Crippen LogP contribution < -0.4 is 16.4 Å². The summed E-state index contributed by atoms with van der Waals surface area (Å²) in [6, 6.07) is 4.02. The van der Waals surface area contributed by atoms with Gasteiger partial charge in [-0.15, -0.1) is 12.4 Å². The highest BCUT2D eigenvalue weighted by atomic mass is 35.5. The lowest BCUT2D eigenvalue weighted by atomic mass is 9.89. The van der Waals surface area contributed by atoms with Crippen molar-refractivity contribution in [2.24, 2.45) is 5.73 Å². The van der Waals surface area contributed by atoms with Gasteiger partial charge in [-0.25, -0.2) is 4.39 Å². The number of carbonyl (C=O) groups excluding carboxylic acids is 2. The van der Waals surface area contributed by atoms with Crippen LogP contribution in [0.15, 0.2) is 18.2 Å². The van der Waals surface area contributed by atoms with Gasteiger partial charge in [0.1, 0.15) is 5.82 Å². The first-order valence-corrected chi connectivity index (χ1v) is 5.69. The number of nitrogens with one attached hydrogen (secondary N) is 2. The van der Waals surface area contributed by atoms with Gasteiger partial charge in [0.2, 0.25) is 11.8 Å². The molecule has 0 saturated carbocycles. The highest BCUT2D eigenvalue weighted by molar-refractivity contribution is 6.01. The quantitative estimate of drug-likeness (QED) is 0.767. The van der Waals surface area contributed by atoms with E-state index in [0.717, 1.165) is 0 Å². The molecule has 19 heavy (non-hydrogen) atoms. The van der Waals surface area contributed by atoms with Gasteiger partial charge in [0.15, 0.2) is 0 Å². The van der Waals surface area contributed by atoms with Crippen molar-refractivity contribution in [2.45, 2.75) is 12.3 Å². The average Bonchev–Trinajstić information content (AvgIpc) is 2.34. The van der Waals surface area contributed by atoms with E-state index in [-0.39, 0.29) is 30.6 Å². The highest BCUT2D eigenvalue weighted by Gasteiger charge is 2.30. The smallest absolute Gasteiger partial charge is 0.228 e. The molecule has 104 valence electrons. The Morgan fingerprint density at radius 3 is 2.95 bits per heavy atom. The molecule has 0 spiro atoms. The van der Waals surface area contributed by atoms with Crippen LogP contribution in [0, 0.1) is 5.82 Å². The van der Waals surface area contributed by atoms with Gasteiger partial charge in [0, 0.05) is 25.2 Å². The van der Waals surface area contributed by atoms with Gasteiger partial charge in [0.05, 0.1) is 5.92 Å². The first-order chi connectivity index (χ1) is 8.61. The fourth-order valence-corrected chi connectivity index (χ4v) is 1.99. The number of benzene rings is 1. The fraction of sp³-hybridized carbons (Fsp3) is 0.333. The monoisotopic (exact) mass is 287 g/mol. The van der Waals surface area contributed by atoms with Crippen LogP contribution in [0.25, 0.3) is 0 Å². The van der Waals surface area contributed by atoms with Gasteiger partial charge in [0.25, 0.3) is 0 Å². The lowest BCUT2D eigenvalue weighted by Crippen LogP contribution is -2.37. The van der Waals surface area contributed by atoms with Crippen LogP contribution in [0.3, 0.4) is 0 Å². The second-order valence-corrected chi connectivity index (χ2v) is 4.12. The number of rotatable bonds is 3. The summed E-state index contributed by atoms with van der Waals surface area (Å²) in [7, 11) is 0. The Labute approximate surface area is 116 Å². The summed E-state index contributed by atoms with van der Waals surface area (Å²) in [5.41, 5.74) is 6.29. The number of anilines is 1. The number of fused-ring (bicyclic) bond motifs is 1. The van der Waals surface area contributed by atoms with Crippen LogP contribution in [0.5, 0.6) is 0 Å². The Morgan fingerprint density at radius 2 is 2.26 bits per heavy atom. The zero-order valence-corrected chi connectivity index (χ0v) is 10.9. The molecule has 4 N–H and O–H groups in total. The maximum absolute atomic E-state index is 13.1. The number of amides is 2. The van der Waals surface area contributed by atoms with E-state index in [2.05, 4.69) is 10.6 Å². The van der Waals surface area contributed by atoms with Crippen molar-refractivity contribution < 1.29 is 14.0 Å². The van der Waals surface area contributed by atoms with Crippen molar-refractivity contribution in [1.82, 2.24) is 5.32 Å². The topological polar surface area (TPSA) is 84.2 Å². The third-order valence-electron chi connectivity index (χ3n) is 2.81. The van der Waals surface area contributed by atoms with Crippen LogP contribution in [-0.4, -0.2) is 24.9 Å². The summed E-state index contributed by atoms with van der Waals surface area (Å²) in [5, 5.41) is 5.20. The molecule has 1 atom stereocenters. The molecule has 1 unspecified atom stereocenters. The summed E-state index contributed by atoms with van der Waals surface area (Å²) in [5.74, 6) is -1.58. The Kier molecular flexibility index (Phi) is 5.26. The molecule has 0 radical (unpaired) electrons. The molecule has 2 amide bonds. The molecule has 2 rings (SSSR count). The molecule has 0 fully saturated rings. The maximum atomic E-state index is 13.1. The maximum Gasteiger partial charge on any atom is 0.228 e. The Hall–Kier alpha value is -1.66. The number of hydrogen-bond acceptors (Lipinski definition) is 3. The minimum absolute atomic E-state index is 0. The van der Waals surface area contributed by atoms with E-state index in [9.17, 15) is 14.0 Å². The Morgan fingerprint density at radius 1 is 1.53 bits per heavy atom. The van der Waals surface area contributed by atoms with Crippen LogP contribution in [0.4, 0.5) is 10.1 Å². The second-order valence-electron chi connectivity index (χ2n) is 4.12. The largest absolute Gasteiger partial charge is 0.354 e. The van der Waals surface area contributed by atoms with Gasteiger partial charge < -0.3 is 16.4 Å². The standard InChI is InChI=1S/C12H14FN3O2.ClH/c13-7-1-2-8-9(12(18)15-4-3-14)6-11(17)16-10(8)5-7;/h1-2,5,9H,3-4,6,14H2,(H,15,18)(H,16,17);1H. The molecule has 1 heterocycles. The SMILES string of the molecule is Cl.NCCNC(=O)C1CC(=O)Nc2cc(F)ccc21. The second kappa shape index (κ2) is 6.49. The van der Waals surface area contributed by atoms with Gasteiger partial charge in [-0.3, -0.25) is 9.59 Å². The molecule has 0 saturated heterocycles. The van der Waals surface area contributed by atoms with Crippen molar-refractivity contribution in [1.29, 1.82) is 0 Å². The van der Waals surface area contributed by atoms with E-state index in [4.69, 9.17) is 5.73 Å². The third kappa shape index (κ3) is 3.42. The number of nitrogens with two attached hydrogens (primary N) is 1. The predicted octanol–water partition coefficient (Wildman–Crippen LogP) is 0.748. The summed E-state index contributed by atoms with van der Waals surface area (Å²) in [4.78, 5) is 23.4. The van der Waals surface area contributed by atoms with Crippen molar-refractivity contribution in [3.63, 3.8) is 0 Å². The van der Waals surface area contributed by atoms with Crippen LogP contribution >= 0.6 is 12.4 Å². The summed E-state index contributed by atoms with van der Waals surface area (Å²) >= 11 is 0. The number of halogens is 2. The molecule has 1 aromatic carbocycles. The predicted molar refractivity (Wildman–Crippen MR) is 71.7 cm³/mol. The summed E-state index contributed by atoms with van der Waals surface area (Å²) in [6.45, 7) is 0.689. The molecular formula is C12H15ClFN3O2. The van der Waals surface area contributed by atoms with Crippen molar-refractivity contribution in [3.05, 3.63) is 29.6 Å². The normalized spacial score (nSPS) is 16.9. The van der Waals surface area contributed by atoms with E-state index in [1.807, 2.05) is 0 Å². The van der Waals surface area contributed by atoms with E-state index < -0.39 is 11.7 Å². The minimum Gasteiger partial charge on any atom is -0.354 e. The minimum atomic E-state index is -0.583. The zero-order valence-electron chi connectivity index (χ0n) is 10.1. The summed E-state index contributed by atoms with van der Waals surface area (Å²) in [6.07, 6.45) is 0.0645.